The Bertz CT molecular complexity index is 584. The van der Waals surface area contributed by atoms with Crippen LogP contribution in [-0.4, -0.2) is 7.11 Å². The van der Waals surface area contributed by atoms with E-state index in [9.17, 15) is 0 Å². The van der Waals surface area contributed by atoms with Gasteiger partial charge in [0.1, 0.15) is 5.75 Å². The van der Waals surface area contributed by atoms with Crippen LogP contribution < -0.4 is 4.74 Å². The lowest BCUT2D eigenvalue weighted by Crippen LogP contribution is -2.03. The van der Waals surface area contributed by atoms with Crippen molar-refractivity contribution in [3.8, 4) is 11.8 Å². The van der Waals surface area contributed by atoms with Crippen molar-refractivity contribution in [2.24, 2.45) is 0 Å². The first-order chi connectivity index (χ1) is 9.26. The summed E-state index contributed by atoms with van der Waals surface area (Å²) in [7, 11) is 1.67. The fourth-order valence-corrected chi connectivity index (χ4v) is 2.31. The van der Waals surface area contributed by atoms with Crippen LogP contribution >= 0.6 is 0 Å². The smallest absolute Gasteiger partial charge is 0.122 e. The first-order valence-electron chi connectivity index (χ1n) is 6.32. The molecule has 0 amide bonds. The fourth-order valence-electron chi connectivity index (χ4n) is 2.31. The highest BCUT2D eigenvalue weighted by Gasteiger charge is 2.18. The maximum absolute atomic E-state index is 9.10. The lowest BCUT2D eigenvalue weighted by atomic mass is 9.87. The van der Waals surface area contributed by atoms with Crippen molar-refractivity contribution in [1.82, 2.24) is 0 Å². The van der Waals surface area contributed by atoms with Gasteiger partial charge in [0.25, 0.3) is 0 Å². The second-order valence-corrected chi connectivity index (χ2v) is 4.57. The summed E-state index contributed by atoms with van der Waals surface area (Å²) >= 11 is 0. The van der Waals surface area contributed by atoms with E-state index in [4.69, 9.17) is 10.00 Å². The van der Waals surface area contributed by atoms with Gasteiger partial charge >= 0.3 is 0 Å². The third-order valence-electron chi connectivity index (χ3n) is 3.26. The molecule has 2 aromatic carbocycles. The van der Waals surface area contributed by atoms with Crippen molar-refractivity contribution in [1.29, 1.82) is 5.26 Å². The first-order valence-corrected chi connectivity index (χ1v) is 6.32. The van der Waals surface area contributed by atoms with E-state index in [-0.39, 0.29) is 5.92 Å². The standard InChI is InChI=1S/C17H17NO/c1-13-8-9-17(19-2)16(12-13)15(10-11-18)14-6-4-3-5-7-14/h3-9,12,15H,10H2,1-2H3/t15-/m1/s1. The summed E-state index contributed by atoms with van der Waals surface area (Å²) in [5, 5.41) is 9.10. The minimum absolute atomic E-state index is 0.0565. The van der Waals surface area contributed by atoms with Gasteiger partial charge < -0.3 is 4.74 Å². The molecule has 0 aliphatic heterocycles. The number of benzene rings is 2. The SMILES string of the molecule is COc1ccc(C)cc1[C@H](CC#N)c1ccccc1. The lowest BCUT2D eigenvalue weighted by Gasteiger charge is -2.18. The molecule has 0 spiro atoms. The summed E-state index contributed by atoms with van der Waals surface area (Å²) in [4.78, 5) is 0. The number of nitriles is 1. The third kappa shape index (κ3) is 2.95. The van der Waals surface area contributed by atoms with E-state index in [1.807, 2.05) is 30.3 Å². The fraction of sp³-hybridized carbons (Fsp3) is 0.235. The highest BCUT2D eigenvalue weighted by molar-refractivity contribution is 5.44. The zero-order valence-corrected chi connectivity index (χ0v) is 11.3. The Kier molecular flexibility index (Phi) is 4.20. The van der Waals surface area contributed by atoms with Crippen molar-refractivity contribution in [3.05, 3.63) is 65.2 Å². The number of hydrogen-bond acceptors (Lipinski definition) is 2. The minimum atomic E-state index is 0.0565. The van der Waals surface area contributed by atoms with Crippen LogP contribution in [-0.2, 0) is 0 Å². The maximum Gasteiger partial charge on any atom is 0.122 e. The number of methoxy groups -OCH3 is 1. The van der Waals surface area contributed by atoms with Crippen LogP contribution in [0.15, 0.2) is 48.5 Å². The molecule has 0 saturated carbocycles. The van der Waals surface area contributed by atoms with E-state index in [0.29, 0.717) is 6.42 Å². The molecule has 0 radical (unpaired) electrons. The van der Waals surface area contributed by atoms with Crippen molar-refractivity contribution < 1.29 is 4.74 Å². The Hall–Kier alpha value is -2.27. The van der Waals surface area contributed by atoms with E-state index in [0.717, 1.165) is 16.9 Å². The summed E-state index contributed by atoms with van der Waals surface area (Å²) in [5.74, 6) is 0.899. The van der Waals surface area contributed by atoms with Crippen LogP contribution in [0.3, 0.4) is 0 Å². The lowest BCUT2D eigenvalue weighted by molar-refractivity contribution is 0.407. The Morgan fingerprint density at radius 1 is 1.16 bits per heavy atom. The summed E-state index contributed by atoms with van der Waals surface area (Å²) in [6.07, 6.45) is 0.448. The summed E-state index contributed by atoms with van der Waals surface area (Å²) in [6.45, 7) is 2.05. The molecule has 0 aromatic heterocycles. The molecular weight excluding hydrogens is 234 g/mol. The Labute approximate surface area is 114 Å². The van der Waals surface area contributed by atoms with Crippen LogP contribution in [0.1, 0.15) is 29.0 Å². The summed E-state index contributed by atoms with van der Waals surface area (Å²) < 4.78 is 5.44. The van der Waals surface area contributed by atoms with Gasteiger partial charge in [-0.05, 0) is 18.6 Å². The average Bonchev–Trinajstić information content (AvgIpc) is 2.45. The van der Waals surface area contributed by atoms with Crippen molar-refractivity contribution in [3.63, 3.8) is 0 Å². The van der Waals surface area contributed by atoms with Crippen LogP contribution in [0, 0.1) is 18.3 Å². The van der Waals surface area contributed by atoms with Crippen molar-refractivity contribution >= 4 is 0 Å². The number of ether oxygens (including phenoxy) is 1. The molecule has 0 heterocycles. The molecule has 0 saturated heterocycles. The second kappa shape index (κ2) is 6.06. The molecular formula is C17H17NO. The average molecular weight is 251 g/mol. The van der Waals surface area contributed by atoms with Crippen LogP contribution in [0.25, 0.3) is 0 Å². The minimum Gasteiger partial charge on any atom is -0.496 e. The Morgan fingerprint density at radius 2 is 1.89 bits per heavy atom. The Morgan fingerprint density at radius 3 is 2.53 bits per heavy atom. The summed E-state index contributed by atoms with van der Waals surface area (Å²) in [5.41, 5.74) is 3.40. The molecule has 0 N–H and O–H groups in total. The zero-order valence-electron chi connectivity index (χ0n) is 11.3. The number of rotatable bonds is 4. The van der Waals surface area contributed by atoms with E-state index in [1.54, 1.807) is 7.11 Å². The molecule has 0 unspecified atom stereocenters. The van der Waals surface area contributed by atoms with Crippen molar-refractivity contribution in [2.45, 2.75) is 19.3 Å². The Balaban J connectivity index is 2.51. The predicted molar refractivity (Wildman–Crippen MR) is 76.2 cm³/mol. The summed E-state index contributed by atoms with van der Waals surface area (Å²) in [6, 6.07) is 18.5. The highest BCUT2D eigenvalue weighted by atomic mass is 16.5. The van der Waals surface area contributed by atoms with E-state index >= 15 is 0 Å². The number of hydrogen-bond donors (Lipinski definition) is 0. The number of aryl methyl sites for hydroxylation is 1. The molecule has 96 valence electrons. The predicted octanol–water partition coefficient (Wildman–Crippen LogP) is 4.05. The van der Waals surface area contributed by atoms with Gasteiger partial charge in [0.05, 0.1) is 13.2 Å². The molecule has 1 atom stereocenters. The molecule has 19 heavy (non-hydrogen) atoms. The topological polar surface area (TPSA) is 33.0 Å². The van der Waals surface area contributed by atoms with Gasteiger partial charge in [0, 0.05) is 17.9 Å². The molecule has 2 nitrogen and oxygen atoms in total. The van der Waals surface area contributed by atoms with Gasteiger partial charge in [-0.15, -0.1) is 0 Å². The van der Waals surface area contributed by atoms with Gasteiger partial charge in [-0.25, -0.2) is 0 Å². The molecule has 0 bridgehead atoms. The molecule has 2 heteroatoms. The maximum atomic E-state index is 9.10. The van der Waals surface area contributed by atoms with Crippen molar-refractivity contribution in [2.75, 3.05) is 7.11 Å². The van der Waals surface area contributed by atoms with Gasteiger partial charge in [-0.1, -0.05) is 48.0 Å². The van der Waals surface area contributed by atoms with E-state index < -0.39 is 0 Å². The zero-order chi connectivity index (χ0) is 13.7. The second-order valence-electron chi connectivity index (χ2n) is 4.57. The monoisotopic (exact) mass is 251 g/mol. The molecule has 0 aliphatic carbocycles. The normalized spacial score (nSPS) is 11.6. The van der Waals surface area contributed by atoms with Gasteiger partial charge in [-0.3, -0.25) is 0 Å². The quantitative estimate of drug-likeness (QED) is 0.821. The molecule has 2 rings (SSSR count). The molecule has 0 fully saturated rings. The largest absolute Gasteiger partial charge is 0.496 e. The third-order valence-corrected chi connectivity index (χ3v) is 3.26. The van der Waals surface area contributed by atoms with Gasteiger partial charge in [0.2, 0.25) is 0 Å². The van der Waals surface area contributed by atoms with Crippen LogP contribution in [0.2, 0.25) is 0 Å². The first kappa shape index (κ1) is 13.2. The van der Waals surface area contributed by atoms with Gasteiger partial charge in [-0.2, -0.15) is 5.26 Å². The number of nitrogens with zero attached hydrogens (tertiary/aromatic N) is 1. The molecule has 2 aromatic rings. The van der Waals surface area contributed by atoms with E-state index in [2.05, 4.69) is 31.2 Å². The van der Waals surface area contributed by atoms with Crippen LogP contribution in [0.5, 0.6) is 5.75 Å². The van der Waals surface area contributed by atoms with E-state index in [1.165, 1.54) is 5.56 Å². The van der Waals surface area contributed by atoms with Gasteiger partial charge in [0.15, 0.2) is 0 Å². The molecule has 0 aliphatic rings. The van der Waals surface area contributed by atoms with Crippen LogP contribution in [0.4, 0.5) is 0 Å². The highest BCUT2D eigenvalue weighted by Crippen LogP contribution is 2.34.